The largest absolute Gasteiger partial charge is 0.497 e. The zero-order valence-corrected chi connectivity index (χ0v) is 20.0. The maximum absolute atomic E-state index is 12.7. The third kappa shape index (κ3) is 5.58. The quantitative estimate of drug-likeness (QED) is 0.478. The van der Waals surface area contributed by atoms with Crippen molar-refractivity contribution >= 4 is 45.5 Å². The summed E-state index contributed by atoms with van der Waals surface area (Å²) in [5.41, 5.74) is 4.00. The first-order valence-corrected chi connectivity index (χ1v) is 11.6. The molecule has 1 amide bonds. The minimum Gasteiger partial charge on any atom is -0.497 e. The molecule has 0 fully saturated rings. The fraction of sp³-hybridized carbons (Fsp3) is 0.192. The molecule has 0 spiro atoms. The second-order valence-electron chi connectivity index (χ2n) is 7.36. The number of carbonyl (C=O) groups excluding carboxylic acids is 1. The average molecular weight is 476 g/mol. The number of fused-ring (bicyclic) bond motifs is 1. The van der Waals surface area contributed by atoms with Gasteiger partial charge >= 0.3 is 0 Å². The number of ether oxygens (including phenoxy) is 3. The van der Waals surface area contributed by atoms with Gasteiger partial charge in [-0.25, -0.2) is 4.99 Å². The van der Waals surface area contributed by atoms with Crippen molar-refractivity contribution in [2.45, 2.75) is 6.42 Å². The zero-order chi connectivity index (χ0) is 23.9. The number of hydrogen-bond donors (Lipinski definition) is 1. The molecule has 1 aliphatic rings. The SMILES string of the molecule is COc1ccc(C2=Nc3ccccc3N=C(SCC(=O)Nc3cc(OC)ccc3OC)C2)cc1. The first-order valence-electron chi connectivity index (χ1n) is 10.6. The van der Waals surface area contributed by atoms with Gasteiger partial charge in [-0.05, 0) is 54.1 Å². The summed E-state index contributed by atoms with van der Waals surface area (Å²) in [5, 5.41) is 3.71. The van der Waals surface area contributed by atoms with Crippen LogP contribution in [0.4, 0.5) is 17.1 Å². The Hall–Kier alpha value is -3.78. The smallest absolute Gasteiger partial charge is 0.234 e. The molecule has 0 aliphatic carbocycles. The third-order valence-electron chi connectivity index (χ3n) is 5.17. The molecule has 0 atom stereocenters. The van der Waals surface area contributed by atoms with Crippen molar-refractivity contribution in [1.29, 1.82) is 0 Å². The van der Waals surface area contributed by atoms with Crippen LogP contribution in [0.3, 0.4) is 0 Å². The lowest BCUT2D eigenvalue weighted by Gasteiger charge is -2.12. The molecule has 0 radical (unpaired) electrons. The molecule has 34 heavy (non-hydrogen) atoms. The van der Waals surface area contributed by atoms with E-state index in [0.29, 0.717) is 23.6 Å². The van der Waals surface area contributed by atoms with Crippen LogP contribution in [0, 0.1) is 0 Å². The van der Waals surface area contributed by atoms with Gasteiger partial charge in [0.2, 0.25) is 5.91 Å². The predicted octanol–water partition coefficient (Wildman–Crippen LogP) is 5.64. The van der Waals surface area contributed by atoms with Crippen LogP contribution in [0.2, 0.25) is 0 Å². The molecule has 1 aliphatic heterocycles. The second kappa shape index (κ2) is 10.9. The molecular weight excluding hydrogens is 450 g/mol. The second-order valence-corrected chi connectivity index (χ2v) is 8.41. The fourth-order valence-corrected chi connectivity index (χ4v) is 4.21. The molecule has 0 saturated carbocycles. The summed E-state index contributed by atoms with van der Waals surface area (Å²) in [6.45, 7) is 0. The number of rotatable bonds is 7. The summed E-state index contributed by atoms with van der Waals surface area (Å²) in [4.78, 5) is 22.4. The van der Waals surface area contributed by atoms with Gasteiger partial charge in [0.05, 0.1) is 54.9 Å². The van der Waals surface area contributed by atoms with E-state index in [0.717, 1.165) is 33.4 Å². The number of benzene rings is 3. The van der Waals surface area contributed by atoms with Crippen LogP contribution >= 0.6 is 11.8 Å². The summed E-state index contributed by atoms with van der Waals surface area (Å²) in [6.07, 6.45) is 0.515. The van der Waals surface area contributed by atoms with Crippen LogP contribution in [0.25, 0.3) is 0 Å². The van der Waals surface area contributed by atoms with Gasteiger partial charge in [0.1, 0.15) is 17.2 Å². The van der Waals surface area contributed by atoms with E-state index >= 15 is 0 Å². The van der Waals surface area contributed by atoms with E-state index in [4.69, 9.17) is 24.2 Å². The van der Waals surface area contributed by atoms with Crippen LogP contribution < -0.4 is 19.5 Å². The highest BCUT2D eigenvalue weighted by molar-refractivity contribution is 8.14. The Balaban J connectivity index is 1.52. The highest BCUT2D eigenvalue weighted by atomic mass is 32.2. The number of thioether (sulfide) groups is 1. The fourth-order valence-electron chi connectivity index (χ4n) is 3.44. The number of para-hydroxylation sites is 2. The monoisotopic (exact) mass is 475 g/mol. The van der Waals surface area contributed by atoms with Gasteiger partial charge in [-0.2, -0.15) is 0 Å². The maximum Gasteiger partial charge on any atom is 0.234 e. The number of amides is 1. The minimum absolute atomic E-state index is 0.167. The summed E-state index contributed by atoms with van der Waals surface area (Å²) >= 11 is 1.39. The summed E-state index contributed by atoms with van der Waals surface area (Å²) in [7, 11) is 4.78. The van der Waals surface area contributed by atoms with Crippen LogP contribution in [0.15, 0.2) is 76.7 Å². The van der Waals surface area contributed by atoms with Crippen molar-refractivity contribution in [2.24, 2.45) is 9.98 Å². The molecule has 0 aromatic heterocycles. The Morgan fingerprint density at radius 1 is 0.882 bits per heavy atom. The van der Waals surface area contributed by atoms with Gasteiger partial charge in [0.15, 0.2) is 0 Å². The van der Waals surface area contributed by atoms with E-state index in [-0.39, 0.29) is 11.7 Å². The van der Waals surface area contributed by atoms with Crippen molar-refractivity contribution in [3.05, 3.63) is 72.3 Å². The van der Waals surface area contributed by atoms with Crippen LogP contribution in [-0.2, 0) is 4.79 Å². The number of carbonyl (C=O) groups is 1. The first kappa shape index (κ1) is 23.4. The predicted molar refractivity (Wildman–Crippen MR) is 138 cm³/mol. The number of hydrogen-bond acceptors (Lipinski definition) is 7. The van der Waals surface area contributed by atoms with Crippen LogP contribution in [0.1, 0.15) is 12.0 Å². The van der Waals surface area contributed by atoms with Gasteiger partial charge < -0.3 is 19.5 Å². The normalized spacial score (nSPS) is 12.6. The molecule has 0 saturated heterocycles. The Kier molecular flexibility index (Phi) is 7.49. The molecule has 1 heterocycles. The topological polar surface area (TPSA) is 81.5 Å². The third-order valence-corrected chi connectivity index (χ3v) is 6.15. The molecule has 4 rings (SSSR count). The molecule has 7 nitrogen and oxygen atoms in total. The molecule has 0 unspecified atom stereocenters. The standard InChI is InChI=1S/C26H25N3O4S/c1-31-18-10-8-17(9-11-18)22-15-26(29-21-7-5-4-6-20(21)27-22)34-16-25(30)28-23-14-19(32-2)12-13-24(23)33-3/h4-14H,15-16H2,1-3H3,(H,28,30). The van der Waals surface area contributed by atoms with Crippen molar-refractivity contribution in [3.63, 3.8) is 0 Å². The summed E-state index contributed by atoms with van der Waals surface area (Å²) in [5.74, 6) is 2.01. The van der Waals surface area contributed by atoms with E-state index in [1.54, 1.807) is 39.5 Å². The highest BCUT2D eigenvalue weighted by Crippen LogP contribution is 2.34. The first-order chi connectivity index (χ1) is 16.6. The Morgan fingerprint density at radius 3 is 2.24 bits per heavy atom. The van der Waals surface area contributed by atoms with Gasteiger partial charge in [-0.1, -0.05) is 12.1 Å². The number of methoxy groups -OCH3 is 3. The Morgan fingerprint density at radius 2 is 1.56 bits per heavy atom. The van der Waals surface area contributed by atoms with Crippen molar-refractivity contribution < 1.29 is 19.0 Å². The number of nitrogens with one attached hydrogen (secondary N) is 1. The lowest BCUT2D eigenvalue weighted by molar-refractivity contribution is -0.113. The lowest BCUT2D eigenvalue weighted by Crippen LogP contribution is -2.17. The van der Waals surface area contributed by atoms with Gasteiger partial charge in [-0.15, -0.1) is 11.8 Å². The molecule has 8 heteroatoms. The number of nitrogens with zero attached hydrogens (tertiary/aromatic N) is 2. The summed E-state index contributed by atoms with van der Waals surface area (Å²) < 4.78 is 15.9. The number of anilines is 1. The zero-order valence-electron chi connectivity index (χ0n) is 19.2. The molecule has 1 N–H and O–H groups in total. The van der Waals surface area contributed by atoms with Crippen molar-refractivity contribution in [2.75, 3.05) is 32.4 Å². The molecule has 3 aromatic carbocycles. The van der Waals surface area contributed by atoms with E-state index in [1.807, 2.05) is 48.5 Å². The number of aliphatic imine (C=N–C) groups is 2. The molecule has 3 aromatic rings. The maximum atomic E-state index is 12.7. The highest BCUT2D eigenvalue weighted by Gasteiger charge is 2.17. The van der Waals surface area contributed by atoms with Crippen molar-refractivity contribution in [3.8, 4) is 17.2 Å². The Bertz CT molecular complexity index is 1240. The van der Waals surface area contributed by atoms with E-state index in [1.165, 1.54) is 11.8 Å². The minimum atomic E-state index is -0.167. The van der Waals surface area contributed by atoms with Gasteiger partial charge in [0, 0.05) is 12.5 Å². The van der Waals surface area contributed by atoms with E-state index in [2.05, 4.69) is 5.32 Å². The van der Waals surface area contributed by atoms with Gasteiger partial charge in [-0.3, -0.25) is 9.79 Å². The molecular formula is C26H25N3O4S. The lowest BCUT2D eigenvalue weighted by atomic mass is 10.1. The molecule has 174 valence electrons. The van der Waals surface area contributed by atoms with Crippen LogP contribution in [-0.4, -0.2) is 43.7 Å². The Labute approximate surface area is 202 Å². The molecule has 0 bridgehead atoms. The van der Waals surface area contributed by atoms with E-state index < -0.39 is 0 Å². The average Bonchev–Trinajstić information content (AvgIpc) is 3.07. The summed E-state index contributed by atoms with van der Waals surface area (Å²) in [6, 6.07) is 20.8. The van der Waals surface area contributed by atoms with Gasteiger partial charge in [0.25, 0.3) is 0 Å². The van der Waals surface area contributed by atoms with Crippen molar-refractivity contribution in [1.82, 2.24) is 0 Å². The van der Waals surface area contributed by atoms with E-state index in [9.17, 15) is 4.79 Å². The van der Waals surface area contributed by atoms with Crippen LogP contribution in [0.5, 0.6) is 17.2 Å².